The molecule has 4 nitrogen and oxygen atoms in total. The molecule has 0 bridgehead atoms. The highest BCUT2D eigenvalue weighted by molar-refractivity contribution is 5.95. The van der Waals surface area contributed by atoms with Crippen LogP contribution >= 0.6 is 0 Å². The molecule has 1 aliphatic heterocycles. The van der Waals surface area contributed by atoms with E-state index in [0.29, 0.717) is 12.3 Å². The topological polar surface area (TPSA) is 38.8 Å². The molecule has 0 radical (unpaired) electrons. The Labute approximate surface area is 193 Å². The van der Waals surface area contributed by atoms with Crippen molar-refractivity contribution in [2.24, 2.45) is 5.92 Å². The molecule has 2 aliphatic rings. The van der Waals surface area contributed by atoms with Gasteiger partial charge in [-0.25, -0.2) is 0 Å². The zero-order valence-corrected chi connectivity index (χ0v) is 20.2. The van der Waals surface area contributed by atoms with E-state index in [9.17, 15) is 4.79 Å². The minimum Gasteiger partial charge on any atom is -0.492 e. The van der Waals surface area contributed by atoms with Gasteiger partial charge in [0.05, 0.1) is 13.7 Å². The smallest absolute Gasteiger partial charge is 0.230 e. The summed E-state index contributed by atoms with van der Waals surface area (Å²) in [6.45, 7) is 8.52. The quantitative estimate of drug-likeness (QED) is 0.506. The average Bonchev–Trinajstić information content (AvgIpc) is 2.83. The molecule has 0 aromatic heterocycles. The Morgan fingerprint density at radius 3 is 2.41 bits per heavy atom. The van der Waals surface area contributed by atoms with Crippen molar-refractivity contribution in [1.29, 1.82) is 0 Å². The van der Waals surface area contributed by atoms with Crippen LogP contribution in [0.25, 0.3) is 6.08 Å². The van der Waals surface area contributed by atoms with Crippen molar-refractivity contribution in [2.75, 3.05) is 12.0 Å². The van der Waals surface area contributed by atoms with E-state index in [1.54, 1.807) is 7.11 Å². The van der Waals surface area contributed by atoms with Gasteiger partial charge in [-0.1, -0.05) is 69.5 Å². The first-order valence-electron chi connectivity index (χ1n) is 11.9. The lowest BCUT2D eigenvalue weighted by Crippen LogP contribution is -2.37. The van der Waals surface area contributed by atoms with Gasteiger partial charge in [0.2, 0.25) is 5.91 Å². The van der Waals surface area contributed by atoms with Crippen LogP contribution in [0.4, 0.5) is 5.69 Å². The number of para-hydroxylation sites is 1. The number of nitrogens with zero attached hydrogens (tertiary/aromatic N) is 1. The van der Waals surface area contributed by atoms with Crippen LogP contribution in [0.1, 0.15) is 70.9 Å². The van der Waals surface area contributed by atoms with Gasteiger partial charge in [-0.2, -0.15) is 0 Å². The molecule has 0 N–H and O–H groups in total. The van der Waals surface area contributed by atoms with Gasteiger partial charge in [-0.3, -0.25) is 4.79 Å². The second-order valence-electron chi connectivity index (χ2n) is 8.81. The molecule has 32 heavy (non-hydrogen) atoms. The molecule has 0 saturated heterocycles. The number of fused-ring (bicyclic) bond motifs is 1. The highest BCUT2D eigenvalue weighted by Gasteiger charge is 2.30. The second-order valence-corrected chi connectivity index (χ2v) is 8.81. The van der Waals surface area contributed by atoms with Gasteiger partial charge in [0.1, 0.15) is 5.60 Å². The Bertz CT molecular complexity index is 927. The summed E-state index contributed by atoms with van der Waals surface area (Å²) in [5, 5.41) is 0. The lowest BCUT2D eigenvalue weighted by molar-refractivity contribution is -0.123. The molecule has 4 heteroatoms. The number of rotatable bonds is 5. The third-order valence-electron chi connectivity index (χ3n) is 6.07. The first-order chi connectivity index (χ1) is 15.5. The molecule has 2 aromatic rings. The van der Waals surface area contributed by atoms with Crippen LogP contribution in [-0.4, -0.2) is 18.6 Å². The van der Waals surface area contributed by atoms with Crippen molar-refractivity contribution in [2.45, 2.75) is 71.9 Å². The zero-order chi connectivity index (χ0) is 23.1. The van der Waals surface area contributed by atoms with E-state index in [4.69, 9.17) is 9.47 Å². The van der Waals surface area contributed by atoms with Gasteiger partial charge in [-0.15, -0.1) is 0 Å². The van der Waals surface area contributed by atoms with E-state index in [-0.39, 0.29) is 11.8 Å². The normalized spacial score (nSPS) is 16.8. The Kier molecular flexibility index (Phi) is 8.00. The van der Waals surface area contributed by atoms with Gasteiger partial charge in [-0.05, 0) is 44.9 Å². The van der Waals surface area contributed by atoms with Crippen molar-refractivity contribution in [3.8, 4) is 11.5 Å². The molecule has 0 unspecified atom stereocenters. The summed E-state index contributed by atoms with van der Waals surface area (Å²) in [6.07, 6.45) is 9.59. The maximum Gasteiger partial charge on any atom is 0.230 e. The maximum atomic E-state index is 13.5. The first-order valence-corrected chi connectivity index (χ1v) is 11.9. The number of carbonyl (C=O) groups excluding carboxylic acids is 1. The van der Waals surface area contributed by atoms with Crippen LogP contribution in [0, 0.1) is 5.92 Å². The monoisotopic (exact) mass is 435 g/mol. The predicted molar refractivity (Wildman–Crippen MR) is 132 cm³/mol. The van der Waals surface area contributed by atoms with E-state index in [0.717, 1.165) is 48.2 Å². The van der Waals surface area contributed by atoms with Gasteiger partial charge in [0.25, 0.3) is 0 Å². The number of hydrogen-bond acceptors (Lipinski definition) is 3. The third-order valence-corrected chi connectivity index (χ3v) is 6.07. The molecule has 0 spiro atoms. The highest BCUT2D eigenvalue weighted by Crippen LogP contribution is 2.42. The van der Waals surface area contributed by atoms with Crippen LogP contribution in [0.3, 0.4) is 0 Å². The van der Waals surface area contributed by atoms with Crippen molar-refractivity contribution < 1.29 is 14.3 Å². The summed E-state index contributed by atoms with van der Waals surface area (Å²) < 4.78 is 12.0. The minimum atomic E-state index is -0.393. The number of ether oxygens (including phenoxy) is 2. The summed E-state index contributed by atoms with van der Waals surface area (Å²) in [7, 11) is 1.67. The van der Waals surface area contributed by atoms with Gasteiger partial charge in [0.15, 0.2) is 11.5 Å². The summed E-state index contributed by atoms with van der Waals surface area (Å²) in [5.74, 6) is 1.77. The van der Waals surface area contributed by atoms with Crippen LogP contribution in [0.2, 0.25) is 0 Å². The van der Waals surface area contributed by atoms with Crippen molar-refractivity contribution in [1.82, 2.24) is 0 Å². The van der Waals surface area contributed by atoms with Gasteiger partial charge >= 0.3 is 0 Å². The maximum absolute atomic E-state index is 13.5. The number of benzene rings is 2. The molecule has 172 valence electrons. The van der Waals surface area contributed by atoms with Crippen molar-refractivity contribution in [3.63, 3.8) is 0 Å². The molecule has 1 heterocycles. The number of hydrogen-bond donors (Lipinski definition) is 0. The van der Waals surface area contributed by atoms with Crippen molar-refractivity contribution in [3.05, 3.63) is 59.7 Å². The van der Waals surface area contributed by atoms with E-state index >= 15 is 0 Å². The van der Waals surface area contributed by atoms with Crippen molar-refractivity contribution >= 4 is 17.7 Å². The van der Waals surface area contributed by atoms with Crippen LogP contribution in [0.5, 0.6) is 11.5 Å². The fourth-order valence-corrected chi connectivity index (χ4v) is 4.44. The largest absolute Gasteiger partial charge is 0.492 e. The Morgan fingerprint density at radius 1 is 1.06 bits per heavy atom. The first kappa shape index (κ1) is 23.9. The fraction of sp³-hybridized carbons (Fsp3) is 0.464. The fourth-order valence-electron chi connectivity index (χ4n) is 4.44. The molecule has 4 rings (SSSR count). The molecule has 1 fully saturated rings. The molecule has 0 atom stereocenters. The summed E-state index contributed by atoms with van der Waals surface area (Å²) in [6, 6.07) is 14.1. The Hall–Kier alpha value is -2.75. The molecule has 1 aliphatic carbocycles. The van der Waals surface area contributed by atoms with E-state index < -0.39 is 5.60 Å². The Balaban J connectivity index is 0.00000141. The van der Waals surface area contributed by atoms with E-state index in [2.05, 4.69) is 12.2 Å². The molecular weight excluding hydrogens is 398 g/mol. The molecule has 1 saturated carbocycles. The van der Waals surface area contributed by atoms with Crippen LogP contribution < -0.4 is 14.4 Å². The van der Waals surface area contributed by atoms with Crippen LogP contribution in [0.15, 0.2) is 48.5 Å². The lowest BCUT2D eigenvalue weighted by Gasteiger charge is -2.32. The summed E-state index contributed by atoms with van der Waals surface area (Å²) >= 11 is 0. The minimum absolute atomic E-state index is 0.0979. The molecular formula is C28H37NO3. The number of carbonyl (C=O) groups is 1. The molecule has 2 aromatic carbocycles. The summed E-state index contributed by atoms with van der Waals surface area (Å²) in [5.41, 5.74) is 2.49. The van der Waals surface area contributed by atoms with E-state index in [1.807, 2.05) is 75.1 Å². The summed E-state index contributed by atoms with van der Waals surface area (Å²) in [4.78, 5) is 15.5. The predicted octanol–water partition coefficient (Wildman–Crippen LogP) is 7.02. The second kappa shape index (κ2) is 10.7. The third kappa shape index (κ3) is 5.35. The van der Waals surface area contributed by atoms with Crippen LogP contribution in [-0.2, 0) is 11.3 Å². The van der Waals surface area contributed by atoms with Gasteiger partial charge < -0.3 is 14.4 Å². The van der Waals surface area contributed by atoms with E-state index in [1.165, 1.54) is 6.42 Å². The zero-order valence-electron chi connectivity index (χ0n) is 20.2. The number of methoxy groups -OCH3 is 1. The number of amides is 1. The SMILES string of the molecule is CC.COc1c(CN(C(=O)C2CCCCC2)c2ccccc2)ccc2c1OC(C)(C)C=C2. The van der Waals surface area contributed by atoms with Gasteiger partial charge in [0, 0.05) is 22.7 Å². The Morgan fingerprint density at radius 2 is 1.75 bits per heavy atom. The highest BCUT2D eigenvalue weighted by atomic mass is 16.5. The standard InChI is InChI=1S/C26H31NO3.C2H6/c1-26(2)17-16-19-14-15-21(23(29-3)24(19)30-26)18-27(22-12-8-5-9-13-22)25(28)20-10-6-4-7-11-20;1-2/h5,8-9,12-17,20H,4,6-7,10-11,18H2,1-3H3;1-2H3. The average molecular weight is 436 g/mol. The lowest BCUT2D eigenvalue weighted by atomic mass is 9.88. The molecule has 1 amide bonds. The number of anilines is 1.